The second-order valence-electron chi connectivity index (χ2n) is 6.56. The predicted molar refractivity (Wildman–Crippen MR) is 94.6 cm³/mol. The van der Waals surface area contributed by atoms with Gasteiger partial charge in [-0.05, 0) is 74.5 Å². The molecule has 0 bridgehead atoms. The molecule has 1 fully saturated rings. The predicted octanol–water partition coefficient (Wildman–Crippen LogP) is 5.19. The van der Waals surface area contributed by atoms with Crippen molar-refractivity contribution in [2.75, 3.05) is 6.61 Å². The molecule has 2 heteroatoms. The lowest BCUT2D eigenvalue weighted by molar-refractivity contribution is 0.229. The molecule has 1 aliphatic carbocycles. The van der Waals surface area contributed by atoms with Crippen LogP contribution in [0.3, 0.4) is 0 Å². The van der Waals surface area contributed by atoms with Gasteiger partial charge in [-0.1, -0.05) is 30.3 Å². The van der Waals surface area contributed by atoms with Gasteiger partial charge in [-0.15, -0.1) is 11.3 Å². The maximum Gasteiger partial charge on any atom is 0.0459 e. The second kappa shape index (κ2) is 7.94. The largest absolute Gasteiger partial charge is 0.396 e. The molecule has 1 heterocycles. The Morgan fingerprint density at radius 2 is 1.77 bits per heavy atom. The molecule has 0 saturated heterocycles. The van der Waals surface area contributed by atoms with Crippen molar-refractivity contribution in [3.8, 4) is 0 Å². The Hall–Kier alpha value is -1.12. The zero-order valence-electron chi connectivity index (χ0n) is 13.2. The van der Waals surface area contributed by atoms with Crippen LogP contribution in [0, 0.1) is 5.92 Å². The van der Waals surface area contributed by atoms with Gasteiger partial charge in [0.05, 0.1) is 0 Å². The van der Waals surface area contributed by atoms with Crippen molar-refractivity contribution in [1.29, 1.82) is 0 Å². The lowest BCUT2D eigenvalue weighted by Crippen LogP contribution is -1.99. The molecule has 1 aliphatic rings. The van der Waals surface area contributed by atoms with Crippen molar-refractivity contribution >= 4 is 11.3 Å². The van der Waals surface area contributed by atoms with Crippen LogP contribution in [-0.4, -0.2) is 11.7 Å². The minimum atomic E-state index is 0.369. The Morgan fingerprint density at radius 1 is 0.955 bits per heavy atom. The van der Waals surface area contributed by atoms with Crippen LogP contribution < -0.4 is 0 Å². The highest BCUT2D eigenvalue weighted by Crippen LogP contribution is 2.40. The van der Waals surface area contributed by atoms with Gasteiger partial charge < -0.3 is 5.11 Å². The van der Waals surface area contributed by atoms with Crippen molar-refractivity contribution in [2.24, 2.45) is 5.92 Å². The fraction of sp³-hybridized carbons (Fsp3) is 0.500. The molecule has 1 saturated carbocycles. The summed E-state index contributed by atoms with van der Waals surface area (Å²) in [6.45, 7) is 0.369. The van der Waals surface area contributed by atoms with Gasteiger partial charge in [0.2, 0.25) is 0 Å². The van der Waals surface area contributed by atoms with Crippen LogP contribution in [-0.2, 0) is 12.8 Å². The van der Waals surface area contributed by atoms with E-state index in [1.54, 1.807) is 4.88 Å². The second-order valence-corrected chi connectivity index (χ2v) is 7.76. The molecule has 0 spiro atoms. The summed E-state index contributed by atoms with van der Waals surface area (Å²) in [7, 11) is 0. The van der Waals surface area contributed by atoms with Crippen LogP contribution in [0.15, 0.2) is 42.5 Å². The summed E-state index contributed by atoms with van der Waals surface area (Å²) < 4.78 is 0. The molecule has 1 aromatic heterocycles. The topological polar surface area (TPSA) is 20.2 Å². The number of rotatable bonds is 7. The van der Waals surface area contributed by atoms with E-state index in [0.717, 1.165) is 0 Å². The van der Waals surface area contributed by atoms with Gasteiger partial charge in [-0.2, -0.15) is 0 Å². The normalized spacial score (nSPS) is 21.3. The van der Waals surface area contributed by atoms with E-state index in [1.807, 2.05) is 11.3 Å². The molecule has 0 radical (unpaired) electrons. The van der Waals surface area contributed by atoms with Crippen molar-refractivity contribution in [1.82, 2.24) is 0 Å². The highest BCUT2D eigenvalue weighted by molar-refractivity contribution is 7.12. The molecule has 0 unspecified atom stereocenters. The molecular formula is C20H26OS. The molecule has 3 rings (SSSR count). The molecule has 0 amide bonds. The molecule has 22 heavy (non-hydrogen) atoms. The SMILES string of the molecule is OC[C@H]1CC[C@H](c2ccc(CCCCc3ccccc3)s2)C1. The first kappa shape index (κ1) is 15.8. The van der Waals surface area contributed by atoms with Crippen molar-refractivity contribution < 1.29 is 5.11 Å². The molecule has 2 aromatic rings. The molecule has 2 atom stereocenters. The lowest BCUT2D eigenvalue weighted by atomic mass is 10.0. The summed E-state index contributed by atoms with van der Waals surface area (Å²) in [5.74, 6) is 1.25. The third kappa shape index (κ3) is 4.21. The maximum atomic E-state index is 9.28. The van der Waals surface area contributed by atoms with Crippen LogP contribution in [0.2, 0.25) is 0 Å². The van der Waals surface area contributed by atoms with Gasteiger partial charge in [-0.25, -0.2) is 0 Å². The van der Waals surface area contributed by atoms with E-state index in [2.05, 4.69) is 42.5 Å². The molecule has 1 nitrogen and oxygen atoms in total. The number of hydrogen-bond acceptors (Lipinski definition) is 2. The summed E-state index contributed by atoms with van der Waals surface area (Å²) in [5, 5.41) is 9.28. The van der Waals surface area contributed by atoms with E-state index in [9.17, 15) is 5.11 Å². The standard InChI is InChI=1S/C20H26OS/c21-15-17-10-11-18(14-17)20-13-12-19(22-20)9-5-4-8-16-6-2-1-3-7-16/h1-3,6-7,12-13,17-18,21H,4-5,8-11,14-15H2/t17-,18-/m0/s1. The van der Waals surface area contributed by atoms with Crippen LogP contribution in [0.25, 0.3) is 0 Å². The van der Waals surface area contributed by atoms with Crippen LogP contribution >= 0.6 is 11.3 Å². The first-order valence-electron chi connectivity index (χ1n) is 8.58. The number of thiophene rings is 1. The number of aliphatic hydroxyl groups is 1. The van der Waals surface area contributed by atoms with Crippen molar-refractivity contribution in [3.63, 3.8) is 0 Å². The summed E-state index contributed by atoms with van der Waals surface area (Å²) >= 11 is 2.01. The maximum absolute atomic E-state index is 9.28. The number of benzene rings is 1. The lowest BCUT2D eigenvalue weighted by Gasteiger charge is -2.07. The van der Waals surface area contributed by atoms with E-state index in [4.69, 9.17) is 0 Å². The van der Waals surface area contributed by atoms with Crippen LogP contribution in [0.1, 0.15) is 53.3 Å². The minimum absolute atomic E-state index is 0.369. The number of hydrogen-bond donors (Lipinski definition) is 1. The fourth-order valence-corrected chi connectivity index (χ4v) is 4.72. The number of aliphatic hydroxyl groups excluding tert-OH is 1. The summed E-state index contributed by atoms with van der Waals surface area (Å²) in [6, 6.07) is 15.4. The van der Waals surface area contributed by atoms with Gasteiger partial charge in [0.1, 0.15) is 0 Å². The van der Waals surface area contributed by atoms with Gasteiger partial charge in [0.25, 0.3) is 0 Å². The van der Waals surface area contributed by atoms with Gasteiger partial charge >= 0.3 is 0 Å². The zero-order valence-corrected chi connectivity index (χ0v) is 14.0. The quantitative estimate of drug-likeness (QED) is 0.697. The Kier molecular flexibility index (Phi) is 5.69. The van der Waals surface area contributed by atoms with E-state index < -0.39 is 0 Å². The van der Waals surface area contributed by atoms with E-state index in [0.29, 0.717) is 18.4 Å². The zero-order chi connectivity index (χ0) is 15.2. The number of aryl methyl sites for hydroxylation is 2. The summed E-state index contributed by atoms with van der Waals surface area (Å²) in [5.41, 5.74) is 1.45. The molecule has 1 N–H and O–H groups in total. The highest BCUT2D eigenvalue weighted by atomic mass is 32.1. The average molecular weight is 314 g/mol. The molecular weight excluding hydrogens is 288 g/mol. The van der Waals surface area contributed by atoms with Crippen LogP contribution in [0.4, 0.5) is 0 Å². The Bertz CT molecular complexity index is 560. The van der Waals surface area contributed by atoms with E-state index in [-0.39, 0.29) is 0 Å². The third-order valence-electron chi connectivity index (χ3n) is 4.87. The first-order valence-corrected chi connectivity index (χ1v) is 9.40. The summed E-state index contributed by atoms with van der Waals surface area (Å²) in [6.07, 6.45) is 8.61. The monoisotopic (exact) mass is 314 g/mol. The fourth-order valence-electron chi connectivity index (χ4n) is 3.52. The van der Waals surface area contributed by atoms with Gasteiger partial charge in [0.15, 0.2) is 0 Å². The Morgan fingerprint density at radius 3 is 2.55 bits per heavy atom. The van der Waals surface area contributed by atoms with Gasteiger partial charge in [-0.3, -0.25) is 0 Å². The van der Waals surface area contributed by atoms with Crippen molar-refractivity contribution in [2.45, 2.75) is 50.9 Å². The average Bonchev–Trinajstić information content (AvgIpc) is 3.21. The highest BCUT2D eigenvalue weighted by Gasteiger charge is 2.26. The minimum Gasteiger partial charge on any atom is -0.396 e. The van der Waals surface area contributed by atoms with Gasteiger partial charge in [0, 0.05) is 16.4 Å². The number of unbranched alkanes of at least 4 members (excludes halogenated alkanes) is 1. The van der Waals surface area contributed by atoms with Crippen LogP contribution in [0.5, 0.6) is 0 Å². The third-order valence-corrected chi connectivity index (χ3v) is 6.17. The Balaban J connectivity index is 1.42. The molecule has 0 aliphatic heterocycles. The van der Waals surface area contributed by atoms with E-state index >= 15 is 0 Å². The Labute approximate surface area is 138 Å². The molecule has 118 valence electrons. The smallest absolute Gasteiger partial charge is 0.0459 e. The van der Waals surface area contributed by atoms with E-state index in [1.165, 1.54) is 55.4 Å². The summed E-state index contributed by atoms with van der Waals surface area (Å²) in [4.78, 5) is 3.09. The molecule has 1 aromatic carbocycles. The first-order chi connectivity index (χ1) is 10.8. The van der Waals surface area contributed by atoms with Crippen molar-refractivity contribution in [3.05, 3.63) is 57.8 Å².